The van der Waals surface area contributed by atoms with Gasteiger partial charge in [-0.2, -0.15) is 0 Å². The maximum absolute atomic E-state index is 12.2. The molecule has 1 N–H and O–H groups in total. The second-order valence-electron chi connectivity index (χ2n) is 7.45. The molecule has 2 aromatic carbocycles. The fourth-order valence-corrected chi connectivity index (χ4v) is 4.28. The van der Waals surface area contributed by atoms with Gasteiger partial charge in [0.05, 0.1) is 12.9 Å². The van der Waals surface area contributed by atoms with Crippen molar-refractivity contribution >= 4 is 23.4 Å². The Morgan fingerprint density at radius 2 is 1.81 bits per heavy atom. The number of methoxy groups -OCH3 is 1. The molecule has 0 fully saturated rings. The molecule has 1 aromatic heterocycles. The number of hydrogen-bond donors (Lipinski definition) is 1. The van der Waals surface area contributed by atoms with Crippen LogP contribution in [0.2, 0.25) is 0 Å². The van der Waals surface area contributed by atoms with Gasteiger partial charge in [-0.1, -0.05) is 17.8 Å². The molecule has 0 saturated heterocycles. The Balaban J connectivity index is 1.29. The molecule has 31 heavy (non-hydrogen) atoms. The SMILES string of the molecule is COc1ccc(NC(=O)CSc2nnc(COc3ccc4c(c3)CCCC4)n2C)cc1. The molecular formula is C23H26N4O3S. The first-order chi connectivity index (χ1) is 15.1. The summed E-state index contributed by atoms with van der Waals surface area (Å²) in [5.41, 5.74) is 3.55. The molecule has 1 amide bonds. The van der Waals surface area contributed by atoms with Crippen LogP contribution in [0.1, 0.15) is 29.8 Å². The fourth-order valence-electron chi connectivity index (χ4n) is 3.55. The molecule has 1 aliphatic carbocycles. The second-order valence-corrected chi connectivity index (χ2v) is 8.39. The largest absolute Gasteiger partial charge is 0.497 e. The van der Waals surface area contributed by atoms with Gasteiger partial charge < -0.3 is 19.4 Å². The van der Waals surface area contributed by atoms with E-state index in [-0.39, 0.29) is 11.7 Å². The summed E-state index contributed by atoms with van der Waals surface area (Å²) < 4.78 is 12.9. The van der Waals surface area contributed by atoms with Gasteiger partial charge in [-0.05, 0) is 73.2 Å². The number of hydrogen-bond acceptors (Lipinski definition) is 6. The van der Waals surface area contributed by atoms with Gasteiger partial charge in [0, 0.05) is 12.7 Å². The van der Waals surface area contributed by atoms with Crippen molar-refractivity contribution in [3.63, 3.8) is 0 Å². The molecule has 1 heterocycles. The molecule has 8 heteroatoms. The smallest absolute Gasteiger partial charge is 0.234 e. The van der Waals surface area contributed by atoms with Crippen LogP contribution in [0.3, 0.4) is 0 Å². The van der Waals surface area contributed by atoms with Crippen molar-refractivity contribution in [3.8, 4) is 11.5 Å². The zero-order chi connectivity index (χ0) is 21.6. The second kappa shape index (κ2) is 9.87. The summed E-state index contributed by atoms with van der Waals surface area (Å²) in [6.45, 7) is 0.334. The molecule has 0 aliphatic heterocycles. The number of aromatic nitrogens is 3. The molecule has 7 nitrogen and oxygen atoms in total. The van der Waals surface area contributed by atoms with E-state index in [1.807, 2.05) is 17.7 Å². The summed E-state index contributed by atoms with van der Waals surface area (Å²) in [6.07, 6.45) is 4.79. The number of nitrogens with one attached hydrogen (secondary N) is 1. The number of rotatable bonds is 8. The Morgan fingerprint density at radius 1 is 1.06 bits per heavy atom. The van der Waals surface area contributed by atoms with Gasteiger partial charge in [0.1, 0.15) is 18.1 Å². The number of nitrogens with zero attached hydrogens (tertiary/aromatic N) is 3. The van der Waals surface area contributed by atoms with Crippen LogP contribution < -0.4 is 14.8 Å². The van der Waals surface area contributed by atoms with Crippen molar-refractivity contribution in [2.24, 2.45) is 7.05 Å². The number of thioether (sulfide) groups is 1. The standard InChI is InChI=1S/C23H26N4O3S/c1-27-21(14-30-20-10-7-16-5-3-4-6-17(16)13-20)25-26-23(27)31-15-22(28)24-18-8-11-19(29-2)12-9-18/h7-13H,3-6,14-15H2,1-2H3,(H,24,28). The van der Waals surface area contributed by atoms with E-state index in [4.69, 9.17) is 9.47 Å². The third-order valence-corrected chi connectivity index (χ3v) is 6.34. The highest BCUT2D eigenvalue weighted by Crippen LogP contribution is 2.26. The number of aryl methyl sites for hydroxylation is 2. The number of carbonyl (C=O) groups excluding carboxylic acids is 1. The maximum Gasteiger partial charge on any atom is 0.234 e. The van der Waals surface area contributed by atoms with Gasteiger partial charge in [0.25, 0.3) is 0 Å². The van der Waals surface area contributed by atoms with Gasteiger partial charge >= 0.3 is 0 Å². The highest BCUT2D eigenvalue weighted by Gasteiger charge is 2.14. The van der Waals surface area contributed by atoms with Crippen molar-refractivity contribution < 1.29 is 14.3 Å². The van der Waals surface area contributed by atoms with Gasteiger partial charge in [-0.3, -0.25) is 4.79 Å². The van der Waals surface area contributed by atoms with Crippen LogP contribution in [0, 0.1) is 0 Å². The first-order valence-corrected chi connectivity index (χ1v) is 11.3. The van der Waals surface area contributed by atoms with Crippen LogP contribution in [0.4, 0.5) is 5.69 Å². The molecule has 0 unspecified atom stereocenters. The minimum atomic E-state index is -0.106. The topological polar surface area (TPSA) is 78.3 Å². The number of benzene rings is 2. The summed E-state index contributed by atoms with van der Waals surface area (Å²) in [4.78, 5) is 12.2. The van der Waals surface area contributed by atoms with E-state index in [0.717, 1.165) is 35.9 Å². The molecular weight excluding hydrogens is 412 g/mol. The molecule has 3 aromatic rings. The predicted molar refractivity (Wildman–Crippen MR) is 121 cm³/mol. The van der Waals surface area contributed by atoms with Crippen molar-refractivity contribution in [1.82, 2.24) is 14.8 Å². The van der Waals surface area contributed by atoms with Gasteiger partial charge in [-0.25, -0.2) is 0 Å². The monoisotopic (exact) mass is 438 g/mol. The minimum absolute atomic E-state index is 0.106. The lowest BCUT2D eigenvalue weighted by Crippen LogP contribution is -2.14. The molecule has 1 aliphatic rings. The summed E-state index contributed by atoms with van der Waals surface area (Å²) in [5.74, 6) is 2.46. The van der Waals surface area contributed by atoms with Crippen LogP contribution in [-0.2, 0) is 31.3 Å². The lowest BCUT2D eigenvalue weighted by atomic mass is 9.92. The Bertz CT molecular complexity index is 1050. The van der Waals surface area contributed by atoms with E-state index < -0.39 is 0 Å². The highest BCUT2D eigenvalue weighted by molar-refractivity contribution is 7.99. The lowest BCUT2D eigenvalue weighted by molar-refractivity contribution is -0.113. The molecule has 0 radical (unpaired) electrons. The van der Waals surface area contributed by atoms with Gasteiger partial charge in [0.15, 0.2) is 11.0 Å². The molecule has 0 spiro atoms. The Kier molecular flexibility index (Phi) is 6.76. The summed E-state index contributed by atoms with van der Waals surface area (Å²) in [6, 6.07) is 13.6. The van der Waals surface area contributed by atoms with E-state index in [2.05, 4.69) is 27.6 Å². The van der Waals surface area contributed by atoms with Gasteiger partial charge in [0.2, 0.25) is 5.91 Å². The zero-order valence-electron chi connectivity index (χ0n) is 17.8. The molecule has 0 saturated carbocycles. The van der Waals surface area contributed by atoms with Crippen LogP contribution >= 0.6 is 11.8 Å². The lowest BCUT2D eigenvalue weighted by Gasteiger charge is -2.16. The highest BCUT2D eigenvalue weighted by atomic mass is 32.2. The summed E-state index contributed by atoms with van der Waals surface area (Å²) >= 11 is 1.34. The quantitative estimate of drug-likeness (QED) is 0.536. The van der Waals surface area contributed by atoms with Crippen LogP contribution in [-0.4, -0.2) is 33.5 Å². The van der Waals surface area contributed by atoms with Crippen LogP contribution in [0.15, 0.2) is 47.6 Å². The van der Waals surface area contributed by atoms with E-state index in [0.29, 0.717) is 11.8 Å². The number of anilines is 1. The first-order valence-electron chi connectivity index (χ1n) is 10.3. The summed E-state index contributed by atoms with van der Waals surface area (Å²) in [5, 5.41) is 12.0. The number of ether oxygens (including phenoxy) is 2. The third kappa shape index (κ3) is 5.38. The van der Waals surface area contributed by atoms with E-state index in [1.165, 1.54) is 35.7 Å². The van der Waals surface area contributed by atoms with Crippen LogP contribution in [0.25, 0.3) is 0 Å². The van der Waals surface area contributed by atoms with Gasteiger partial charge in [-0.15, -0.1) is 10.2 Å². The van der Waals surface area contributed by atoms with E-state index in [1.54, 1.807) is 31.4 Å². The average Bonchev–Trinajstić information content (AvgIpc) is 3.16. The summed E-state index contributed by atoms with van der Waals surface area (Å²) in [7, 11) is 3.49. The van der Waals surface area contributed by atoms with Crippen molar-refractivity contribution in [2.45, 2.75) is 37.4 Å². The number of amides is 1. The number of fused-ring (bicyclic) bond motifs is 1. The maximum atomic E-state index is 12.2. The Morgan fingerprint density at radius 3 is 2.58 bits per heavy atom. The minimum Gasteiger partial charge on any atom is -0.497 e. The van der Waals surface area contributed by atoms with Crippen molar-refractivity contribution in [1.29, 1.82) is 0 Å². The molecule has 162 valence electrons. The third-order valence-electron chi connectivity index (χ3n) is 5.32. The first kappa shape index (κ1) is 21.2. The van der Waals surface area contributed by atoms with Crippen molar-refractivity contribution in [2.75, 3.05) is 18.2 Å². The average molecular weight is 439 g/mol. The van der Waals surface area contributed by atoms with Crippen molar-refractivity contribution in [3.05, 3.63) is 59.4 Å². The fraction of sp³-hybridized carbons (Fsp3) is 0.348. The van der Waals surface area contributed by atoms with E-state index in [9.17, 15) is 4.79 Å². The predicted octanol–water partition coefficient (Wildman–Crippen LogP) is 4.01. The zero-order valence-corrected chi connectivity index (χ0v) is 18.6. The Labute approximate surface area is 186 Å². The van der Waals surface area contributed by atoms with Crippen LogP contribution in [0.5, 0.6) is 11.5 Å². The normalized spacial score (nSPS) is 12.8. The number of carbonyl (C=O) groups is 1. The Hall–Kier alpha value is -3.00. The molecule has 0 atom stereocenters. The van der Waals surface area contributed by atoms with E-state index >= 15 is 0 Å². The molecule has 4 rings (SSSR count). The molecule has 0 bridgehead atoms.